The van der Waals surface area contributed by atoms with Crippen molar-refractivity contribution in [3.63, 3.8) is 0 Å². The second-order valence-corrected chi connectivity index (χ2v) is 6.26. The monoisotopic (exact) mass is 178 g/mol. The first-order valence-electron chi connectivity index (χ1n) is 6.20. The van der Waals surface area contributed by atoms with Crippen LogP contribution in [0, 0.1) is 29.1 Å². The smallest absolute Gasteiger partial charge is 0.0266 e. The third-order valence-corrected chi connectivity index (χ3v) is 5.65. The summed E-state index contributed by atoms with van der Waals surface area (Å²) in [6, 6.07) is 0. The summed E-state index contributed by atoms with van der Waals surface area (Å²) in [4.78, 5) is 0. The molecule has 0 amide bonds. The molecule has 3 aliphatic rings. The van der Waals surface area contributed by atoms with Gasteiger partial charge in [0, 0.05) is 0 Å². The molecular weight excluding hydrogens is 156 g/mol. The third-order valence-electron chi connectivity index (χ3n) is 5.65. The largest absolute Gasteiger partial charge is 0.0625 e. The number of hydrogen-bond acceptors (Lipinski definition) is 0. The zero-order valence-corrected chi connectivity index (χ0v) is 9.05. The molecule has 3 aliphatic carbocycles. The van der Waals surface area contributed by atoms with Gasteiger partial charge >= 0.3 is 0 Å². The number of hydrogen-bond donors (Lipinski definition) is 0. The van der Waals surface area contributed by atoms with Gasteiger partial charge in [0.25, 0.3) is 0 Å². The maximum atomic E-state index is 2.60. The maximum Gasteiger partial charge on any atom is -0.0266 e. The minimum Gasteiger partial charge on any atom is -0.0625 e. The molecule has 0 nitrogen and oxygen atoms in total. The van der Waals surface area contributed by atoms with E-state index in [4.69, 9.17) is 0 Å². The Labute approximate surface area is 82.1 Å². The van der Waals surface area contributed by atoms with Gasteiger partial charge in [0.05, 0.1) is 0 Å². The fraction of sp³-hybridized carbons (Fsp3) is 1.00. The van der Waals surface area contributed by atoms with Crippen molar-refractivity contribution >= 4 is 0 Å². The van der Waals surface area contributed by atoms with E-state index in [0.717, 1.165) is 29.1 Å². The molecule has 0 radical (unpaired) electrons. The van der Waals surface area contributed by atoms with Crippen molar-refractivity contribution in [1.82, 2.24) is 0 Å². The highest BCUT2D eigenvalue weighted by Crippen LogP contribution is 2.65. The summed E-state index contributed by atoms with van der Waals surface area (Å²) < 4.78 is 0. The molecule has 0 aromatic rings. The van der Waals surface area contributed by atoms with E-state index < -0.39 is 0 Å². The van der Waals surface area contributed by atoms with E-state index in [-0.39, 0.29) is 0 Å². The highest BCUT2D eigenvalue weighted by Gasteiger charge is 2.56. The molecule has 3 rings (SSSR count). The molecule has 5 atom stereocenters. The number of fused-ring (bicyclic) bond motifs is 5. The lowest BCUT2D eigenvalue weighted by molar-refractivity contribution is 0.0303. The van der Waals surface area contributed by atoms with Crippen molar-refractivity contribution < 1.29 is 0 Å². The summed E-state index contributed by atoms with van der Waals surface area (Å²) in [5.41, 5.74) is 0.787. The van der Waals surface area contributed by atoms with Gasteiger partial charge in [-0.3, -0.25) is 0 Å². The Balaban J connectivity index is 1.90. The van der Waals surface area contributed by atoms with Crippen LogP contribution in [0.3, 0.4) is 0 Å². The topological polar surface area (TPSA) is 0 Å². The number of rotatable bonds is 0. The van der Waals surface area contributed by atoms with Crippen LogP contribution in [0.4, 0.5) is 0 Å². The van der Waals surface area contributed by atoms with E-state index in [1.54, 1.807) is 32.1 Å². The normalized spacial score (nSPS) is 59.5. The van der Waals surface area contributed by atoms with E-state index in [1.807, 2.05) is 0 Å². The first-order chi connectivity index (χ1) is 6.20. The van der Waals surface area contributed by atoms with Gasteiger partial charge in [-0.05, 0) is 61.2 Å². The van der Waals surface area contributed by atoms with Gasteiger partial charge in [0.1, 0.15) is 0 Å². The van der Waals surface area contributed by atoms with Gasteiger partial charge in [-0.1, -0.05) is 20.3 Å². The Kier molecular flexibility index (Phi) is 1.61. The van der Waals surface area contributed by atoms with E-state index in [2.05, 4.69) is 13.8 Å². The molecule has 0 aliphatic heterocycles. The first kappa shape index (κ1) is 8.32. The van der Waals surface area contributed by atoms with Crippen LogP contribution in [0.15, 0.2) is 0 Å². The molecule has 0 heterocycles. The molecule has 0 heteroatoms. The maximum absolute atomic E-state index is 2.60. The van der Waals surface area contributed by atoms with Crippen LogP contribution in [0.2, 0.25) is 0 Å². The van der Waals surface area contributed by atoms with Gasteiger partial charge < -0.3 is 0 Å². The molecular formula is C13H22. The molecule has 74 valence electrons. The third kappa shape index (κ3) is 0.980. The van der Waals surface area contributed by atoms with Crippen molar-refractivity contribution in [2.45, 2.75) is 52.4 Å². The Morgan fingerprint density at radius 1 is 1.08 bits per heavy atom. The molecule has 0 spiro atoms. The zero-order chi connectivity index (χ0) is 9.05. The fourth-order valence-corrected chi connectivity index (χ4v) is 4.78. The lowest BCUT2D eigenvalue weighted by atomic mass is 9.58. The molecule has 2 bridgehead atoms. The van der Waals surface area contributed by atoms with Gasteiger partial charge in [-0.25, -0.2) is 0 Å². The Bertz CT molecular complexity index is 220. The van der Waals surface area contributed by atoms with Crippen molar-refractivity contribution in [3.8, 4) is 0 Å². The van der Waals surface area contributed by atoms with Gasteiger partial charge in [0.2, 0.25) is 0 Å². The highest BCUT2D eigenvalue weighted by molar-refractivity contribution is 5.05. The van der Waals surface area contributed by atoms with E-state index in [9.17, 15) is 0 Å². The van der Waals surface area contributed by atoms with Crippen LogP contribution >= 0.6 is 0 Å². The summed E-state index contributed by atoms with van der Waals surface area (Å²) in [6.07, 6.45) is 9.32. The standard InChI is InChI=1S/C13H22/c1-9-5-6-13(2)11-4-3-10(8-11)12(13)7-9/h9-12H,3-8H2,1-2H3. The van der Waals surface area contributed by atoms with Crippen molar-refractivity contribution in [3.05, 3.63) is 0 Å². The van der Waals surface area contributed by atoms with Crippen molar-refractivity contribution in [2.75, 3.05) is 0 Å². The van der Waals surface area contributed by atoms with Crippen LogP contribution in [-0.2, 0) is 0 Å². The van der Waals surface area contributed by atoms with Crippen molar-refractivity contribution in [2.24, 2.45) is 29.1 Å². The second-order valence-electron chi connectivity index (χ2n) is 6.26. The van der Waals surface area contributed by atoms with Gasteiger partial charge in [-0.15, -0.1) is 0 Å². The summed E-state index contributed by atoms with van der Waals surface area (Å²) in [7, 11) is 0. The molecule has 0 aromatic heterocycles. The molecule has 0 aromatic carbocycles. The molecule has 5 unspecified atom stereocenters. The SMILES string of the molecule is CC1CCC2(C)C3CCC(C3)C2C1. The predicted octanol–water partition coefficient (Wildman–Crippen LogP) is 3.86. The van der Waals surface area contributed by atoms with Gasteiger partial charge in [-0.2, -0.15) is 0 Å². The van der Waals surface area contributed by atoms with Gasteiger partial charge in [0.15, 0.2) is 0 Å². The molecule has 3 saturated carbocycles. The molecule has 3 fully saturated rings. The quantitative estimate of drug-likeness (QED) is 0.528. The first-order valence-corrected chi connectivity index (χ1v) is 6.20. The predicted molar refractivity (Wildman–Crippen MR) is 55.4 cm³/mol. The van der Waals surface area contributed by atoms with E-state index in [1.165, 1.54) is 6.42 Å². The molecule has 13 heavy (non-hydrogen) atoms. The highest BCUT2D eigenvalue weighted by atomic mass is 14.6. The average Bonchev–Trinajstić information content (AvgIpc) is 2.66. The Morgan fingerprint density at radius 2 is 1.92 bits per heavy atom. The lowest BCUT2D eigenvalue weighted by Gasteiger charge is -2.47. The summed E-state index contributed by atoms with van der Waals surface area (Å²) in [5, 5.41) is 0. The minimum atomic E-state index is 0.787. The Morgan fingerprint density at radius 3 is 2.77 bits per heavy atom. The van der Waals surface area contributed by atoms with Crippen LogP contribution in [0.1, 0.15) is 52.4 Å². The molecule has 0 saturated heterocycles. The van der Waals surface area contributed by atoms with Crippen LogP contribution in [0.25, 0.3) is 0 Å². The van der Waals surface area contributed by atoms with Crippen LogP contribution in [-0.4, -0.2) is 0 Å². The van der Waals surface area contributed by atoms with E-state index in [0.29, 0.717) is 0 Å². The van der Waals surface area contributed by atoms with Crippen LogP contribution in [0.5, 0.6) is 0 Å². The fourth-order valence-electron chi connectivity index (χ4n) is 4.78. The molecule has 0 N–H and O–H groups in total. The van der Waals surface area contributed by atoms with Crippen LogP contribution < -0.4 is 0 Å². The minimum absolute atomic E-state index is 0.787. The zero-order valence-electron chi connectivity index (χ0n) is 9.05. The summed E-state index contributed by atoms with van der Waals surface area (Å²) >= 11 is 0. The summed E-state index contributed by atoms with van der Waals surface area (Å²) in [6.45, 7) is 5.07. The Hall–Kier alpha value is 0. The lowest BCUT2D eigenvalue weighted by Crippen LogP contribution is -2.38. The summed E-state index contributed by atoms with van der Waals surface area (Å²) in [5.74, 6) is 4.40. The second kappa shape index (κ2) is 2.52. The van der Waals surface area contributed by atoms with Crippen molar-refractivity contribution in [1.29, 1.82) is 0 Å². The van der Waals surface area contributed by atoms with E-state index >= 15 is 0 Å². The average molecular weight is 178 g/mol.